The van der Waals surface area contributed by atoms with E-state index < -0.39 is 0 Å². The Balaban J connectivity index is 1.44. The number of aliphatic hydroxyl groups is 1. The van der Waals surface area contributed by atoms with Crippen LogP contribution in [0.15, 0.2) is 48.7 Å². The Morgan fingerprint density at radius 1 is 1.19 bits per heavy atom. The van der Waals surface area contributed by atoms with Gasteiger partial charge in [-0.1, -0.05) is 30.3 Å². The normalized spacial score (nSPS) is 24.7. The van der Waals surface area contributed by atoms with Gasteiger partial charge in [0.05, 0.1) is 17.8 Å². The summed E-state index contributed by atoms with van der Waals surface area (Å²) in [6.07, 6.45) is 4.35. The van der Waals surface area contributed by atoms with Gasteiger partial charge in [-0.05, 0) is 37.5 Å². The van der Waals surface area contributed by atoms with Crippen LogP contribution in [0.1, 0.15) is 54.6 Å². The second kappa shape index (κ2) is 7.41. The van der Waals surface area contributed by atoms with Crippen molar-refractivity contribution in [1.29, 1.82) is 0 Å². The first-order chi connectivity index (χ1) is 13.0. The average molecular weight is 366 g/mol. The number of ether oxygens (including phenoxy) is 1. The van der Waals surface area contributed by atoms with E-state index in [4.69, 9.17) is 4.74 Å². The molecule has 0 amide bonds. The lowest BCUT2D eigenvalue weighted by atomic mass is 9.81. The summed E-state index contributed by atoms with van der Waals surface area (Å²) in [6, 6.07) is 13.9. The zero-order chi connectivity index (χ0) is 18.9. The van der Waals surface area contributed by atoms with Gasteiger partial charge in [0.25, 0.3) is 0 Å². The summed E-state index contributed by atoms with van der Waals surface area (Å²) in [5.74, 6) is 0.925. The molecule has 0 radical (unpaired) electrons. The molecule has 2 saturated heterocycles. The van der Waals surface area contributed by atoms with Crippen LogP contribution in [-0.2, 0) is 4.74 Å². The van der Waals surface area contributed by atoms with Crippen molar-refractivity contribution in [3.63, 3.8) is 0 Å². The number of benzene rings is 1. The highest BCUT2D eigenvalue weighted by molar-refractivity contribution is 5.93. The molecule has 2 fully saturated rings. The minimum Gasteiger partial charge on any atom is -0.393 e. The number of nitrogens with zero attached hydrogens (tertiary/aromatic N) is 2. The molecular formula is C22H26N2O3. The van der Waals surface area contributed by atoms with Crippen LogP contribution in [0.25, 0.3) is 0 Å². The molecule has 2 aliphatic heterocycles. The number of carbonyl (C=O) groups excluding carboxylic acids is 1. The number of piperidine rings is 1. The Bertz CT molecular complexity index is 783. The third-order valence-electron chi connectivity index (χ3n) is 5.81. The minimum atomic E-state index is -0.330. The summed E-state index contributed by atoms with van der Waals surface area (Å²) in [4.78, 5) is 18.1. The first-order valence-corrected chi connectivity index (χ1v) is 9.67. The van der Waals surface area contributed by atoms with Crippen LogP contribution >= 0.6 is 0 Å². The summed E-state index contributed by atoms with van der Waals surface area (Å²) < 4.78 is 6.55. The van der Waals surface area contributed by atoms with Gasteiger partial charge in [-0.25, -0.2) is 4.98 Å². The lowest BCUT2D eigenvalue weighted by Crippen LogP contribution is -2.51. The second-order valence-corrected chi connectivity index (χ2v) is 7.74. The van der Waals surface area contributed by atoms with Crippen LogP contribution in [0, 0.1) is 0 Å². The summed E-state index contributed by atoms with van der Waals surface area (Å²) >= 11 is 0. The molecule has 4 rings (SSSR count). The predicted molar refractivity (Wildman–Crippen MR) is 104 cm³/mol. The maximum absolute atomic E-state index is 11.4. The molecule has 2 atom stereocenters. The van der Waals surface area contributed by atoms with E-state index in [-0.39, 0.29) is 23.6 Å². The summed E-state index contributed by atoms with van der Waals surface area (Å²) in [6.45, 7) is 3.22. The Kier molecular flexibility index (Phi) is 4.98. The van der Waals surface area contributed by atoms with Gasteiger partial charge in [-0.15, -0.1) is 0 Å². The maximum atomic E-state index is 11.4. The van der Waals surface area contributed by atoms with E-state index in [2.05, 4.69) is 22.0 Å². The third kappa shape index (κ3) is 3.89. The van der Waals surface area contributed by atoms with Crippen molar-refractivity contribution in [2.24, 2.45) is 0 Å². The fourth-order valence-electron chi connectivity index (χ4n) is 4.28. The zero-order valence-electron chi connectivity index (χ0n) is 15.7. The second-order valence-electron chi connectivity index (χ2n) is 7.74. The molecule has 2 aliphatic rings. The number of aliphatic hydroxyl groups excluding tert-OH is 1. The molecule has 1 spiro atoms. The van der Waals surface area contributed by atoms with Gasteiger partial charge in [0.2, 0.25) is 0 Å². The molecule has 0 saturated carbocycles. The van der Waals surface area contributed by atoms with Crippen LogP contribution in [0.2, 0.25) is 0 Å². The third-order valence-corrected chi connectivity index (χ3v) is 5.81. The summed E-state index contributed by atoms with van der Waals surface area (Å²) in [7, 11) is 0. The van der Waals surface area contributed by atoms with Crippen LogP contribution in [-0.4, -0.2) is 40.7 Å². The fourth-order valence-corrected chi connectivity index (χ4v) is 4.28. The topological polar surface area (TPSA) is 62.7 Å². The van der Waals surface area contributed by atoms with Gasteiger partial charge >= 0.3 is 0 Å². The van der Waals surface area contributed by atoms with Gasteiger partial charge in [0.15, 0.2) is 5.78 Å². The van der Waals surface area contributed by atoms with Crippen molar-refractivity contribution in [1.82, 2.24) is 4.98 Å². The lowest BCUT2D eigenvalue weighted by Gasteiger charge is -2.48. The molecule has 142 valence electrons. The Labute approximate surface area is 160 Å². The molecular weight excluding hydrogens is 340 g/mol. The van der Waals surface area contributed by atoms with Crippen molar-refractivity contribution < 1.29 is 14.6 Å². The van der Waals surface area contributed by atoms with E-state index in [9.17, 15) is 9.90 Å². The summed E-state index contributed by atoms with van der Waals surface area (Å²) in [5.41, 5.74) is 1.50. The van der Waals surface area contributed by atoms with Gasteiger partial charge in [-0.3, -0.25) is 4.79 Å². The number of rotatable bonds is 3. The quantitative estimate of drug-likeness (QED) is 0.842. The lowest BCUT2D eigenvalue weighted by molar-refractivity contribution is -0.173. The Morgan fingerprint density at radius 2 is 1.93 bits per heavy atom. The highest BCUT2D eigenvalue weighted by atomic mass is 16.5. The van der Waals surface area contributed by atoms with Crippen molar-refractivity contribution in [2.75, 3.05) is 18.0 Å². The predicted octanol–water partition coefficient (Wildman–Crippen LogP) is 3.54. The van der Waals surface area contributed by atoms with E-state index in [0.717, 1.165) is 37.3 Å². The zero-order valence-corrected chi connectivity index (χ0v) is 15.7. The Morgan fingerprint density at radius 3 is 2.56 bits per heavy atom. The SMILES string of the molecule is CC(=O)c1ccc(N2CCC3(CC2)C[C@H](O)C[C@H](c2ccccc2)O3)nc1. The van der Waals surface area contributed by atoms with Crippen LogP contribution in [0.3, 0.4) is 0 Å². The van der Waals surface area contributed by atoms with Crippen molar-refractivity contribution in [3.05, 3.63) is 59.8 Å². The van der Waals surface area contributed by atoms with Gasteiger partial charge in [0, 0.05) is 37.7 Å². The van der Waals surface area contributed by atoms with E-state index in [0.29, 0.717) is 18.4 Å². The number of ketones is 1. The number of pyridine rings is 1. The van der Waals surface area contributed by atoms with Gasteiger partial charge < -0.3 is 14.7 Å². The molecule has 0 unspecified atom stereocenters. The number of anilines is 1. The highest BCUT2D eigenvalue weighted by Gasteiger charge is 2.43. The van der Waals surface area contributed by atoms with Crippen LogP contribution < -0.4 is 4.90 Å². The van der Waals surface area contributed by atoms with Crippen LogP contribution in [0.5, 0.6) is 0 Å². The Hall–Kier alpha value is -2.24. The van der Waals surface area contributed by atoms with Crippen molar-refractivity contribution in [2.45, 2.75) is 50.4 Å². The van der Waals surface area contributed by atoms with Gasteiger partial charge in [0.1, 0.15) is 5.82 Å². The van der Waals surface area contributed by atoms with E-state index in [1.54, 1.807) is 13.1 Å². The molecule has 2 aromatic rings. The van der Waals surface area contributed by atoms with Crippen molar-refractivity contribution >= 4 is 11.6 Å². The molecule has 1 aromatic carbocycles. The standard InChI is InChI=1S/C22H26N2O3/c1-16(25)18-7-8-21(23-15-18)24-11-9-22(10-12-24)14-19(26)13-20(27-22)17-5-3-2-4-6-17/h2-8,15,19-20,26H,9-14H2,1H3/t19-,20-/m1/s1. The van der Waals surface area contributed by atoms with E-state index in [1.165, 1.54) is 0 Å². The smallest absolute Gasteiger partial charge is 0.161 e. The summed E-state index contributed by atoms with van der Waals surface area (Å²) in [5, 5.41) is 10.5. The minimum absolute atomic E-state index is 0.0307. The fraction of sp³-hybridized carbons (Fsp3) is 0.455. The first kappa shape index (κ1) is 18.1. The molecule has 3 heterocycles. The molecule has 5 nitrogen and oxygen atoms in total. The van der Waals surface area contributed by atoms with E-state index >= 15 is 0 Å². The molecule has 0 aliphatic carbocycles. The average Bonchev–Trinajstić information content (AvgIpc) is 2.69. The number of hydrogen-bond acceptors (Lipinski definition) is 5. The first-order valence-electron chi connectivity index (χ1n) is 9.67. The number of hydrogen-bond donors (Lipinski definition) is 1. The number of carbonyl (C=O) groups is 1. The molecule has 1 N–H and O–H groups in total. The monoisotopic (exact) mass is 366 g/mol. The highest BCUT2D eigenvalue weighted by Crippen LogP contribution is 2.43. The molecule has 1 aromatic heterocycles. The van der Waals surface area contributed by atoms with Gasteiger partial charge in [-0.2, -0.15) is 0 Å². The van der Waals surface area contributed by atoms with Crippen LogP contribution in [0.4, 0.5) is 5.82 Å². The largest absolute Gasteiger partial charge is 0.393 e. The molecule has 0 bridgehead atoms. The van der Waals surface area contributed by atoms with Crippen molar-refractivity contribution in [3.8, 4) is 0 Å². The number of Topliss-reactive ketones (excluding diaryl/α,β-unsaturated/α-hetero) is 1. The van der Waals surface area contributed by atoms with E-state index in [1.807, 2.05) is 30.3 Å². The maximum Gasteiger partial charge on any atom is 0.161 e. The molecule has 5 heteroatoms. The molecule has 27 heavy (non-hydrogen) atoms. The number of aromatic nitrogens is 1.